The maximum atomic E-state index is 11.5. The molecule has 1 aliphatic rings. The quantitative estimate of drug-likeness (QED) is 0.488. The van der Waals surface area contributed by atoms with E-state index in [-0.39, 0.29) is 11.7 Å². The molecule has 2 aromatic rings. The van der Waals surface area contributed by atoms with Crippen molar-refractivity contribution in [2.45, 2.75) is 38.9 Å². The van der Waals surface area contributed by atoms with Gasteiger partial charge >= 0.3 is 5.91 Å². The van der Waals surface area contributed by atoms with Crippen molar-refractivity contribution in [3.8, 4) is 0 Å². The summed E-state index contributed by atoms with van der Waals surface area (Å²) >= 11 is 1.72. The second-order valence-corrected chi connectivity index (χ2v) is 6.21. The summed E-state index contributed by atoms with van der Waals surface area (Å²) in [5.74, 6) is 5.81. The zero-order chi connectivity index (χ0) is 14.8. The molecule has 0 radical (unpaired) electrons. The van der Waals surface area contributed by atoms with E-state index >= 15 is 0 Å². The van der Waals surface area contributed by atoms with E-state index in [1.165, 1.54) is 18.4 Å². The summed E-state index contributed by atoms with van der Waals surface area (Å²) in [6.07, 6.45) is 2.49. The van der Waals surface area contributed by atoms with E-state index in [9.17, 15) is 4.79 Å². The Labute approximate surface area is 127 Å². The van der Waals surface area contributed by atoms with Crippen LogP contribution >= 0.6 is 11.3 Å². The molecule has 21 heavy (non-hydrogen) atoms. The van der Waals surface area contributed by atoms with E-state index in [2.05, 4.69) is 27.2 Å². The number of hydrazine groups is 1. The van der Waals surface area contributed by atoms with Crippen LogP contribution in [0.3, 0.4) is 0 Å². The van der Waals surface area contributed by atoms with Crippen LogP contribution in [0.15, 0.2) is 27.3 Å². The highest BCUT2D eigenvalue weighted by molar-refractivity contribution is 7.07. The number of nitrogens with zero attached hydrogens (tertiary/aromatic N) is 1. The van der Waals surface area contributed by atoms with Crippen LogP contribution in [0.4, 0.5) is 0 Å². The number of furan rings is 1. The molecule has 0 saturated heterocycles. The van der Waals surface area contributed by atoms with Crippen LogP contribution in [-0.2, 0) is 13.1 Å². The Balaban J connectivity index is 1.73. The Hall–Kier alpha value is -1.63. The number of hydrogen-bond donors (Lipinski definition) is 2. The highest BCUT2D eigenvalue weighted by Crippen LogP contribution is 2.31. The van der Waals surface area contributed by atoms with Gasteiger partial charge in [0.1, 0.15) is 5.76 Å². The molecule has 5 nitrogen and oxygen atoms in total. The van der Waals surface area contributed by atoms with Crippen LogP contribution in [0.25, 0.3) is 0 Å². The molecule has 0 spiro atoms. The normalized spacial score (nSPS) is 14.6. The average Bonchev–Trinajstić information content (AvgIpc) is 3.09. The molecule has 0 unspecified atom stereocenters. The Morgan fingerprint density at radius 1 is 1.52 bits per heavy atom. The molecule has 1 amide bonds. The predicted octanol–water partition coefficient (Wildman–Crippen LogP) is 2.42. The van der Waals surface area contributed by atoms with E-state index in [1.54, 1.807) is 17.4 Å². The Bertz CT molecular complexity index is 617. The van der Waals surface area contributed by atoms with Gasteiger partial charge in [-0.15, -0.1) is 0 Å². The fourth-order valence-corrected chi connectivity index (χ4v) is 3.11. The van der Waals surface area contributed by atoms with Crippen LogP contribution in [0.1, 0.15) is 40.3 Å². The average molecular weight is 305 g/mol. The smallest absolute Gasteiger partial charge is 0.300 e. The van der Waals surface area contributed by atoms with Crippen LogP contribution in [-0.4, -0.2) is 16.8 Å². The molecule has 0 aliphatic heterocycles. The fraction of sp³-hybridized carbons (Fsp3) is 0.400. The zero-order valence-electron chi connectivity index (χ0n) is 12.0. The summed E-state index contributed by atoms with van der Waals surface area (Å²) in [6.45, 7) is 3.63. The van der Waals surface area contributed by atoms with Crippen molar-refractivity contribution in [1.29, 1.82) is 0 Å². The lowest BCUT2D eigenvalue weighted by Crippen LogP contribution is -2.29. The number of amides is 1. The fourth-order valence-electron chi connectivity index (χ4n) is 2.45. The number of nitrogen functional groups attached to an aromatic ring is 1. The molecule has 1 saturated carbocycles. The second kappa shape index (κ2) is 6.01. The third-order valence-electron chi connectivity index (χ3n) is 3.78. The summed E-state index contributed by atoms with van der Waals surface area (Å²) < 4.78 is 5.49. The van der Waals surface area contributed by atoms with Crippen molar-refractivity contribution >= 4 is 17.2 Å². The standard InChI is InChI=1S/C15H19N3O2S/c1-10-12(6-14(20-10)15(19)17-16)8-18(13-2-3-13)7-11-4-5-21-9-11/h4-6,9,13H,2-3,7-8,16H2,1H3,(H,17,19). The molecule has 2 aromatic heterocycles. The minimum atomic E-state index is -0.389. The highest BCUT2D eigenvalue weighted by atomic mass is 32.1. The number of nitrogens with one attached hydrogen (secondary N) is 1. The Kier molecular flexibility index (Phi) is 4.10. The highest BCUT2D eigenvalue weighted by Gasteiger charge is 2.30. The van der Waals surface area contributed by atoms with Crippen LogP contribution in [0, 0.1) is 6.92 Å². The predicted molar refractivity (Wildman–Crippen MR) is 81.7 cm³/mol. The van der Waals surface area contributed by atoms with Gasteiger partial charge in [-0.1, -0.05) is 0 Å². The Morgan fingerprint density at radius 2 is 2.33 bits per heavy atom. The molecule has 1 fully saturated rings. The first-order chi connectivity index (χ1) is 10.2. The monoisotopic (exact) mass is 305 g/mol. The first-order valence-electron chi connectivity index (χ1n) is 7.02. The van der Waals surface area contributed by atoms with E-state index in [1.807, 2.05) is 6.92 Å². The van der Waals surface area contributed by atoms with E-state index in [4.69, 9.17) is 10.3 Å². The van der Waals surface area contributed by atoms with Crippen molar-refractivity contribution in [2.24, 2.45) is 5.84 Å². The van der Waals surface area contributed by atoms with Crippen molar-refractivity contribution in [3.05, 3.63) is 45.5 Å². The maximum Gasteiger partial charge on any atom is 0.300 e. The van der Waals surface area contributed by atoms with E-state index < -0.39 is 0 Å². The molecule has 3 rings (SSSR count). The minimum Gasteiger partial charge on any atom is -0.456 e. The first-order valence-corrected chi connectivity index (χ1v) is 7.97. The number of carbonyl (C=O) groups is 1. The lowest BCUT2D eigenvalue weighted by Gasteiger charge is -2.21. The molecule has 3 N–H and O–H groups in total. The molecular weight excluding hydrogens is 286 g/mol. The maximum absolute atomic E-state index is 11.5. The van der Waals surface area contributed by atoms with E-state index in [0.717, 1.165) is 24.4 Å². The number of carbonyl (C=O) groups excluding carboxylic acids is 1. The van der Waals surface area contributed by atoms with Crippen molar-refractivity contribution < 1.29 is 9.21 Å². The number of rotatable bonds is 6. The summed E-state index contributed by atoms with van der Waals surface area (Å²) in [4.78, 5) is 14.0. The molecule has 0 bridgehead atoms. The lowest BCUT2D eigenvalue weighted by molar-refractivity contribution is 0.0924. The second-order valence-electron chi connectivity index (χ2n) is 5.43. The van der Waals surface area contributed by atoms with Gasteiger partial charge < -0.3 is 4.42 Å². The Morgan fingerprint density at radius 3 is 2.95 bits per heavy atom. The number of nitrogens with two attached hydrogens (primary N) is 1. The van der Waals surface area contributed by atoms with Gasteiger partial charge in [0.25, 0.3) is 0 Å². The summed E-state index contributed by atoms with van der Waals surface area (Å²) in [5.41, 5.74) is 4.49. The molecule has 0 aromatic carbocycles. The van der Waals surface area contributed by atoms with Gasteiger partial charge in [-0.2, -0.15) is 11.3 Å². The van der Waals surface area contributed by atoms with Crippen molar-refractivity contribution in [1.82, 2.24) is 10.3 Å². The zero-order valence-corrected chi connectivity index (χ0v) is 12.8. The van der Waals surface area contributed by atoms with Gasteiger partial charge in [0.2, 0.25) is 0 Å². The van der Waals surface area contributed by atoms with Crippen molar-refractivity contribution in [2.75, 3.05) is 0 Å². The first kappa shape index (κ1) is 14.3. The summed E-state index contributed by atoms with van der Waals surface area (Å²) in [6, 6.07) is 4.60. The SMILES string of the molecule is Cc1oc(C(=O)NN)cc1CN(Cc1ccsc1)C1CC1. The summed E-state index contributed by atoms with van der Waals surface area (Å²) in [7, 11) is 0. The third kappa shape index (κ3) is 3.34. The van der Waals surface area contributed by atoms with Crippen molar-refractivity contribution in [3.63, 3.8) is 0 Å². The number of aryl methyl sites for hydroxylation is 1. The molecule has 2 heterocycles. The number of hydrogen-bond acceptors (Lipinski definition) is 5. The minimum absolute atomic E-state index is 0.274. The number of thiophene rings is 1. The molecule has 1 aliphatic carbocycles. The van der Waals surface area contributed by atoms with E-state index in [0.29, 0.717) is 6.04 Å². The van der Waals surface area contributed by atoms with Gasteiger partial charge in [-0.3, -0.25) is 15.1 Å². The lowest BCUT2D eigenvalue weighted by atomic mass is 10.2. The van der Waals surface area contributed by atoms with Crippen LogP contribution in [0.5, 0.6) is 0 Å². The van der Waals surface area contributed by atoms with Gasteiger partial charge in [0.15, 0.2) is 5.76 Å². The third-order valence-corrected chi connectivity index (χ3v) is 4.51. The summed E-state index contributed by atoms with van der Waals surface area (Å²) in [5, 5.41) is 4.29. The van der Waals surface area contributed by atoms with Gasteiger partial charge in [-0.25, -0.2) is 5.84 Å². The van der Waals surface area contributed by atoms with Gasteiger partial charge in [-0.05, 0) is 48.2 Å². The van der Waals surface area contributed by atoms with Gasteiger partial charge in [0, 0.05) is 24.7 Å². The van der Waals surface area contributed by atoms with Gasteiger partial charge in [0.05, 0.1) is 0 Å². The topological polar surface area (TPSA) is 71.5 Å². The largest absolute Gasteiger partial charge is 0.456 e. The molecule has 112 valence electrons. The van der Waals surface area contributed by atoms with Crippen LogP contribution in [0.2, 0.25) is 0 Å². The molecule has 6 heteroatoms. The molecular formula is C15H19N3O2S. The van der Waals surface area contributed by atoms with Crippen LogP contribution < -0.4 is 11.3 Å². The molecule has 0 atom stereocenters.